The van der Waals surface area contributed by atoms with E-state index in [1.807, 2.05) is 0 Å². The van der Waals surface area contributed by atoms with Gasteiger partial charge in [0.05, 0.1) is 0 Å². The molecule has 0 bridgehead atoms. The van der Waals surface area contributed by atoms with E-state index in [1.165, 1.54) is 64.2 Å². The van der Waals surface area contributed by atoms with Crippen LogP contribution < -0.4 is 0 Å². The maximum Gasteiger partial charge on any atom is 0.0431 e. The fourth-order valence-corrected chi connectivity index (χ4v) is 2.66. The minimum absolute atomic E-state index is 0.369. The molecule has 1 nitrogen and oxygen atoms in total. The van der Waals surface area contributed by atoms with Gasteiger partial charge in [-0.3, -0.25) is 0 Å². The van der Waals surface area contributed by atoms with E-state index < -0.39 is 0 Å². The largest absolute Gasteiger partial charge is 0.396 e. The highest BCUT2D eigenvalue weighted by molar-refractivity contribution is 4.61. The zero-order valence-electron chi connectivity index (χ0n) is 13.1. The maximum atomic E-state index is 8.67. The van der Waals surface area contributed by atoms with Gasteiger partial charge in [-0.05, 0) is 18.3 Å². The summed E-state index contributed by atoms with van der Waals surface area (Å²) in [5.74, 6) is 1.82. The van der Waals surface area contributed by atoms with E-state index in [4.69, 9.17) is 5.11 Å². The number of aliphatic hydroxyl groups excluding tert-OH is 1. The van der Waals surface area contributed by atoms with Crippen molar-refractivity contribution in [1.82, 2.24) is 0 Å². The van der Waals surface area contributed by atoms with Gasteiger partial charge in [0.1, 0.15) is 0 Å². The van der Waals surface area contributed by atoms with Gasteiger partial charge >= 0.3 is 0 Å². The van der Waals surface area contributed by atoms with Gasteiger partial charge in [-0.2, -0.15) is 0 Å². The standard InChI is InChI=1S/C17H36O/c1-4-13-16(2)17(3)14-11-9-7-5-6-8-10-12-15-18/h16-18H,4-15H2,1-3H3. The molecule has 0 aromatic heterocycles. The van der Waals surface area contributed by atoms with Crippen molar-refractivity contribution in [2.24, 2.45) is 11.8 Å². The number of hydrogen-bond donors (Lipinski definition) is 1. The van der Waals surface area contributed by atoms with E-state index in [2.05, 4.69) is 20.8 Å². The lowest BCUT2D eigenvalue weighted by Crippen LogP contribution is -2.07. The molecule has 0 saturated heterocycles. The van der Waals surface area contributed by atoms with Gasteiger partial charge in [-0.25, -0.2) is 0 Å². The lowest BCUT2D eigenvalue weighted by atomic mass is 9.87. The second-order valence-electron chi connectivity index (χ2n) is 6.08. The summed E-state index contributed by atoms with van der Waals surface area (Å²) in [5, 5.41) is 8.67. The first-order valence-electron chi connectivity index (χ1n) is 8.33. The molecule has 0 rings (SSSR count). The summed E-state index contributed by atoms with van der Waals surface area (Å²) in [6, 6.07) is 0. The molecule has 18 heavy (non-hydrogen) atoms. The molecule has 0 aromatic carbocycles. The van der Waals surface area contributed by atoms with Crippen molar-refractivity contribution in [2.45, 2.75) is 91.4 Å². The molecule has 0 fully saturated rings. The third kappa shape index (κ3) is 11.1. The summed E-state index contributed by atoms with van der Waals surface area (Å²) >= 11 is 0. The van der Waals surface area contributed by atoms with E-state index in [1.54, 1.807) is 0 Å². The summed E-state index contributed by atoms with van der Waals surface area (Å²) in [4.78, 5) is 0. The summed E-state index contributed by atoms with van der Waals surface area (Å²) in [7, 11) is 0. The molecule has 0 amide bonds. The second kappa shape index (κ2) is 13.4. The first-order chi connectivity index (χ1) is 8.72. The van der Waals surface area contributed by atoms with Crippen molar-refractivity contribution in [3.63, 3.8) is 0 Å². The van der Waals surface area contributed by atoms with Crippen molar-refractivity contribution in [2.75, 3.05) is 6.61 Å². The van der Waals surface area contributed by atoms with E-state index in [0.717, 1.165) is 18.3 Å². The highest BCUT2D eigenvalue weighted by atomic mass is 16.2. The first-order valence-corrected chi connectivity index (χ1v) is 8.33. The molecule has 0 aromatic rings. The Kier molecular flexibility index (Phi) is 13.4. The van der Waals surface area contributed by atoms with Crippen molar-refractivity contribution in [1.29, 1.82) is 0 Å². The summed E-state index contributed by atoms with van der Waals surface area (Å²) in [5.41, 5.74) is 0. The van der Waals surface area contributed by atoms with Crippen molar-refractivity contribution >= 4 is 0 Å². The van der Waals surface area contributed by atoms with Gasteiger partial charge in [-0.1, -0.05) is 85.0 Å². The Morgan fingerprint density at radius 2 is 1.11 bits per heavy atom. The van der Waals surface area contributed by atoms with Crippen LogP contribution in [0.1, 0.15) is 91.4 Å². The fraction of sp³-hybridized carbons (Fsp3) is 1.00. The van der Waals surface area contributed by atoms with Crippen LogP contribution in [-0.2, 0) is 0 Å². The predicted octanol–water partition coefficient (Wildman–Crippen LogP) is 5.56. The summed E-state index contributed by atoms with van der Waals surface area (Å²) in [6.07, 6.45) is 14.7. The Hall–Kier alpha value is -0.0400. The van der Waals surface area contributed by atoms with E-state index in [-0.39, 0.29) is 0 Å². The minimum Gasteiger partial charge on any atom is -0.396 e. The predicted molar refractivity (Wildman–Crippen MR) is 81.9 cm³/mol. The average Bonchev–Trinajstić information content (AvgIpc) is 2.36. The number of aliphatic hydroxyl groups is 1. The lowest BCUT2D eigenvalue weighted by Gasteiger charge is -2.19. The molecular formula is C17H36O. The van der Waals surface area contributed by atoms with Gasteiger partial charge in [0.15, 0.2) is 0 Å². The molecule has 0 aliphatic carbocycles. The molecule has 1 heteroatoms. The lowest BCUT2D eigenvalue weighted by molar-refractivity contribution is 0.282. The topological polar surface area (TPSA) is 20.2 Å². The molecular weight excluding hydrogens is 220 g/mol. The molecule has 110 valence electrons. The second-order valence-corrected chi connectivity index (χ2v) is 6.08. The van der Waals surface area contributed by atoms with Crippen LogP contribution in [0.3, 0.4) is 0 Å². The van der Waals surface area contributed by atoms with Crippen LogP contribution in [0.5, 0.6) is 0 Å². The van der Waals surface area contributed by atoms with Crippen LogP contribution >= 0.6 is 0 Å². The molecule has 1 N–H and O–H groups in total. The van der Waals surface area contributed by atoms with Crippen LogP contribution in [0.4, 0.5) is 0 Å². The molecule has 0 radical (unpaired) electrons. The van der Waals surface area contributed by atoms with E-state index in [9.17, 15) is 0 Å². The summed E-state index contributed by atoms with van der Waals surface area (Å²) in [6.45, 7) is 7.50. The Labute approximate surface area is 115 Å². The van der Waals surface area contributed by atoms with Crippen LogP contribution in [0.25, 0.3) is 0 Å². The summed E-state index contributed by atoms with van der Waals surface area (Å²) < 4.78 is 0. The monoisotopic (exact) mass is 256 g/mol. The molecule has 2 unspecified atom stereocenters. The molecule has 0 heterocycles. The van der Waals surface area contributed by atoms with Crippen molar-refractivity contribution < 1.29 is 5.11 Å². The average molecular weight is 256 g/mol. The van der Waals surface area contributed by atoms with Crippen LogP contribution in [0.15, 0.2) is 0 Å². The Balaban J connectivity index is 3.19. The normalized spacial score (nSPS) is 14.7. The fourth-order valence-electron chi connectivity index (χ4n) is 2.66. The quantitative estimate of drug-likeness (QED) is 0.428. The van der Waals surface area contributed by atoms with Gasteiger partial charge < -0.3 is 5.11 Å². The van der Waals surface area contributed by atoms with Gasteiger partial charge in [0, 0.05) is 6.61 Å². The SMILES string of the molecule is CCCC(C)C(C)CCCCCCCCCCO. The molecule has 0 aliphatic heterocycles. The smallest absolute Gasteiger partial charge is 0.0431 e. The Morgan fingerprint density at radius 1 is 0.667 bits per heavy atom. The van der Waals surface area contributed by atoms with Gasteiger partial charge in [-0.15, -0.1) is 0 Å². The highest BCUT2D eigenvalue weighted by Crippen LogP contribution is 2.22. The number of rotatable bonds is 13. The zero-order chi connectivity index (χ0) is 13.6. The van der Waals surface area contributed by atoms with Crippen LogP contribution in [0, 0.1) is 11.8 Å². The zero-order valence-corrected chi connectivity index (χ0v) is 13.1. The molecule has 0 saturated carbocycles. The van der Waals surface area contributed by atoms with Crippen molar-refractivity contribution in [3.8, 4) is 0 Å². The third-order valence-corrected chi connectivity index (χ3v) is 4.28. The highest BCUT2D eigenvalue weighted by Gasteiger charge is 2.10. The van der Waals surface area contributed by atoms with Gasteiger partial charge in [0.25, 0.3) is 0 Å². The Bertz CT molecular complexity index is 156. The first kappa shape index (κ1) is 18.0. The maximum absolute atomic E-state index is 8.67. The molecule has 0 aliphatic rings. The van der Waals surface area contributed by atoms with Gasteiger partial charge in [0.2, 0.25) is 0 Å². The minimum atomic E-state index is 0.369. The van der Waals surface area contributed by atoms with E-state index in [0.29, 0.717) is 6.61 Å². The number of unbranched alkanes of at least 4 members (excludes halogenated alkanes) is 7. The van der Waals surface area contributed by atoms with Crippen molar-refractivity contribution in [3.05, 3.63) is 0 Å². The molecule has 2 atom stereocenters. The van der Waals surface area contributed by atoms with Crippen LogP contribution in [-0.4, -0.2) is 11.7 Å². The van der Waals surface area contributed by atoms with Crippen LogP contribution in [0.2, 0.25) is 0 Å². The molecule has 0 spiro atoms. The number of hydrogen-bond acceptors (Lipinski definition) is 1. The Morgan fingerprint density at radius 3 is 1.61 bits per heavy atom. The van der Waals surface area contributed by atoms with E-state index >= 15 is 0 Å². The third-order valence-electron chi connectivity index (χ3n) is 4.28.